The summed E-state index contributed by atoms with van der Waals surface area (Å²) in [6.45, 7) is 2.98. The summed E-state index contributed by atoms with van der Waals surface area (Å²) >= 11 is 12.5. The van der Waals surface area contributed by atoms with Gasteiger partial charge in [0.05, 0.1) is 10.0 Å². The van der Waals surface area contributed by atoms with Crippen LogP contribution in [0.1, 0.15) is 24.0 Å². The van der Waals surface area contributed by atoms with Gasteiger partial charge in [0.15, 0.2) is 0 Å². The van der Waals surface area contributed by atoms with E-state index in [1.54, 1.807) is 0 Å². The SMILES string of the molecule is Cc1ccc(CNC2CC2)c(-c2cccc(Cl)c2Cl)c1. The molecule has 1 nitrogen and oxygen atoms in total. The van der Waals surface area contributed by atoms with E-state index in [-0.39, 0.29) is 0 Å². The Bertz CT molecular complexity index is 633. The topological polar surface area (TPSA) is 12.0 Å². The molecule has 0 atom stereocenters. The van der Waals surface area contributed by atoms with Crippen molar-refractivity contribution in [3.63, 3.8) is 0 Å². The number of rotatable bonds is 4. The van der Waals surface area contributed by atoms with Crippen molar-refractivity contribution in [1.29, 1.82) is 0 Å². The predicted octanol–water partition coefficient (Wildman–Crippen LogP) is 5.22. The van der Waals surface area contributed by atoms with Crippen LogP contribution >= 0.6 is 23.2 Å². The lowest BCUT2D eigenvalue weighted by molar-refractivity contribution is 0.688. The minimum atomic E-state index is 0.603. The molecule has 0 aromatic heterocycles. The first-order chi connectivity index (χ1) is 9.65. The van der Waals surface area contributed by atoms with E-state index < -0.39 is 0 Å². The van der Waals surface area contributed by atoms with Gasteiger partial charge in [-0.15, -0.1) is 0 Å². The first-order valence-corrected chi connectivity index (χ1v) is 7.68. The maximum atomic E-state index is 6.37. The highest BCUT2D eigenvalue weighted by Gasteiger charge is 2.21. The van der Waals surface area contributed by atoms with E-state index in [2.05, 4.69) is 30.4 Å². The second kappa shape index (κ2) is 5.77. The number of hydrogen-bond acceptors (Lipinski definition) is 1. The number of benzene rings is 2. The monoisotopic (exact) mass is 305 g/mol. The average Bonchev–Trinajstić information content (AvgIpc) is 3.25. The summed E-state index contributed by atoms with van der Waals surface area (Å²) < 4.78 is 0. The molecule has 1 aliphatic carbocycles. The maximum absolute atomic E-state index is 6.37. The largest absolute Gasteiger partial charge is 0.310 e. The molecule has 3 heteroatoms. The minimum Gasteiger partial charge on any atom is -0.310 e. The summed E-state index contributed by atoms with van der Waals surface area (Å²) in [6, 6.07) is 13.0. The van der Waals surface area contributed by atoms with Crippen LogP contribution in [0.2, 0.25) is 10.0 Å². The second-order valence-electron chi connectivity index (χ2n) is 5.42. The Morgan fingerprint density at radius 2 is 1.90 bits per heavy atom. The molecule has 2 aromatic rings. The summed E-state index contributed by atoms with van der Waals surface area (Å²) in [7, 11) is 0. The number of aryl methyl sites for hydroxylation is 1. The Morgan fingerprint density at radius 3 is 2.65 bits per heavy atom. The lowest BCUT2D eigenvalue weighted by Crippen LogP contribution is -2.15. The molecule has 1 aliphatic rings. The van der Waals surface area contributed by atoms with Gasteiger partial charge in [0, 0.05) is 18.2 Å². The zero-order chi connectivity index (χ0) is 14.1. The van der Waals surface area contributed by atoms with Crippen LogP contribution in [0.5, 0.6) is 0 Å². The van der Waals surface area contributed by atoms with E-state index in [1.165, 1.54) is 29.5 Å². The maximum Gasteiger partial charge on any atom is 0.0670 e. The van der Waals surface area contributed by atoms with E-state index in [1.807, 2.05) is 18.2 Å². The molecule has 0 amide bonds. The molecule has 0 saturated heterocycles. The highest BCUT2D eigenvalue weighted by Crippen LogP contribution is 2.36. The fourth-order valence-corrected chi connectivity index (χ4v) is 2.75. The van der Waals surface area contributed by atoms with Crippen LogP contribution in [0.15, 0.2) is 36.4 Å². The van der Waals surface area contributed by atoms with E-state index in [0.29, 0.717) is 16.1 Å². The number of hydrogen-bond donors (Lipinski definition) is 1. The number of halogens is 2. The lowest BCUT2D eigenvalue weighted by atomic mass is 9.97. The zero-order valence-electron chi connectivity index (χ0n) is 11.4. The molecule has 0 aliphatic heterocycles. The van der Waals surface area contributed by atoms with Crippen molar-refractivity contribution in [2.45, 2.75) is 32.4 Å². The third kappa shape index (κ3) is 3.01. The van der Waals surface area contributed by atoms with Crippen LogP contribution in [0.25, 0.3) is 11.1 Å². The van der Waals surface area contributed by atoms with Crippen molar-refractivity contribution in [3.05, 3.63) is 57.6 Å². The van der Waals surface area contributed by atoms with E-state index in [4.69, 9.17) is 23.2 Å². The molecular formula is C17H17Cl2N. The van der Waals surface area contributed by atoms with Crippen LogP contribution in [0, 0.1) is 6.92 Å². The van der Waals surface area contributed by atoms with Gasteiger partial charge in [-0.25, -0.2) is 0 Å². The number of nitrogens with one attached hydrogen (secondary N) is 1. The van der Waals surface area contributed by atoms with Gasteiger partial charge in [-0.2, -0.15) is 0 Å². The van der Waals surface area contributed by atoms with Gasteiger partial charge in [-0.1, -0.05) is 59.1 Å². The molecule has 104 valence electrons. The third-order valence-corrected chi connectivity index (χ3v) is 4.48. The van der Waals surface area contributed by atoms with Crippen LogP contribution in [-0.2, 0) is 6.54 Å². The Kier molecular flexibility index (Phi) is 4.02. The van der Waals surface area contributed by atoms with Crippen molar-refractivity contribution in [2.75, 3.05) is 0 Å². The third-order valence-electron chi connectivity index (χ3n) is 3.67. The van der Waals surface area contributed by atoms with E-state index >= 15 is 0 Å². The van der Waals surface area contributed by atoms with E-state index in [9.17, 15) is 0 Å². The molecule has 0 spiro atoms. The highest BCUT2D eigenvalue weighted by atomic mass is 35.5. The quantitative estimate of drug-likeness (QED) is 0.816. The summed E-state index contributed by atoms with van der Waals surface area (Å²) in [5, 5.41) is 4.80. The van der Waals surface area contributed by atoms with Crippen molar-refractivity contribution >= 4 is 23.2 Å². The standard InChI is InChI=1S/C17H17Cl2N/c1-11-5-6-12(10-20-13-7-8-13)15(9-11)14-3-2-4-16(18)17(14)19/h2-6,9,13,20H,7-8,10H2,1H3. The average molecular weight is 306 g/mol. The molecule has 1 saturated carbocycles. The molecular weight excluding hydrogens is 289 g/mol. The van der Waals surface area contributed by atoms with Crippen molar-refractivity contribution in [2.24, 2.45) is 0 Å². The Labute approximate surface area is 129 Å². The Balaban J connectivity index is 2.01. The predicted molar refractivity (Wildman–Crippen MR) is 86.5 cm³/mol. The summed E-state index contributed by atoms with van der Waals surface area (Å²) in [5.74, 6) is 0. The van der Waals surface area contributed by atoms with Gasteiger partial charge >= 0.3 is 0 Å². The summed E-state index contributed by atoms with van der Waals surface area (Å²) in [4.78, 5) is 0. The molecule has 3 rings (SSSR count). The van der Waals surface area contributed by atoms with Gasteiger partial charge in [-0.05, 0) is 37.0 Å². The lowest BCUT2D eigenvalue weighted by Gasteiger charge is -2.13. The van der Waals surface area contributed by atoms with E-state index in [0.717, 1.165) is 12.1 Å². The molecule has 1 N–H and O–H groups in total. The Morgan fingerprint density at radius 1 is 1.10 bits per heavy atom. The van der Waals surface area contributed by atoms with Crippen LogP contribution in [0.4, 0.5) is 0 Å². The second-order valence-corrected chi connectivity index (χ2v) is 6.20. The molecule has 1 fully saturated rings. The first kappa shape index (κ1) is 13.9. The molecule has 20 heavy (non-hydrogen) atoms. The van der Waals surface area contributed by atoms with Crippen molar-refractivity contribution in [1.82, 2.24) is 5.32 Å². The van der Waals surface area contributed by atoms with Crippen molar-refractivity contribution in [3.8, 4) is 11.1 Å². The summed E-state index contributed by atoms with van der Waals surface area (Å²) in [5.41, 5.74) is 4.68. The fourth-order valence-electron chi connectivity index (χ4n) is 2.35. The van der Waals surface area contributed by atoms with Crippen LogP contribution in [0.3, 0.4) is 0 Å². The molecule has 0 radical (unpaired) electrons. The molecule has 0 heterocycles. The van der Waals surface area contributed by atoms with Crippen LogP contribution in [-0.4, -0.2) is 6.04 Å². The Hall–Kier alpha value is -1.02. The van der Waals surface area contributed by atoms with Gasteiger partial charge in [0.2, 0.25) is 0 Å². The zero-order valence-corrected chi connectivity index (χ0v) is 12.9. The smallest absolute Gasteiger partial charge is 0.0670 e. The normalized spacial score (nSPS) is 14.6. The summed E-state index contributed by atoms with van der Waals surface area (Å²) in [6.07, 6.45) is 2.58. The highest BCUT2D eigenvalue weighted by molar-refractivity contribution is 6.43. The van der Waals surface area contributed by atoms with Gasteiger partial charge < -0.3 is 5.32 Å². The molecule has 0 unspecified atom stereocenters. The van der Waals surface area contributed by atoms with Gasteiger partial charge in [-0.3, -0.25) is 0 Å². The van der Waals surface area contributed by atoms with Crippen LogP contribution < -0.4 is 5.32 Å². The van der Waals surface area contributed by atoms with Gasteiger partial charge in [0.25, 0.3) is 0 Å². The first-order valence-electron chi connectivity index (χ1n) is 6.92. The fraction of sp³-hybridized carbons (Fsp3) is 0.294. The molecule has 2 aromatic carbocycles. The minimum absolute atomic E-state index is 0.603. The molecule has 0 bridgehead atoms. The van der Waals surface area contributed by atoms with Crippen molar-refractivity contribution < 1.29 is 0 Å². The van der Waals surface area contributed by atoms with Gasteiger partial charge in [0.1, 0.15) is 0 Å².